The largest absolute Gasteiger partial charge is 0.352 e. The number of rotatable bonds is 4. The lowest BCUT2D eigenvalue weighted by atomic mass is 9.76. The predicted molar refractivity (Wildman–Crippen MR) is 87.3 cm³/mol. The molecular formula is C17H25ClN2O. The normalized spacial score (nSPS) is 27.1. The van der Waals surface area contributed by atoms with Gasteiger partial charge in [0, 0.05) is 11.1 Å². The summed E-state index contributed by atoms with van der Waals surface area (Å²) in [4.78, 5) is 12.5. The molecule has 4 heteroatoms. The van der Waals surface area contributed by atoms with Gasteiger partial charge in [0.1, 0.15) is 0 Å². The van der Waals surface area contributed by atoms with Gasteiger partial charge in [-0.25, -0.2) is 0 Å². The molecule has 21 heavy (non-hydrogen) atoms. The molecule has 116 valence electrons. The summed E-state index contributed by atoms with van der Waals surface area (Å²) in [5.74, 6) is 0.502. The number of hydrogen-bond acceptors (Lipinski definition) is 2. The Morgan fingerprint density at radius 3 is 2.90 bits per heavy atom. The molecule has 1 amide bonds. The van der Waals surface area contributed by atoms with E-state index in [4.69, 9.17) is 17.3 Å². The number of carbonyl (C=O) groups excluding carboxylic acids is 1. The Kier molecular flexibility index (Phi) is 5.28. The van der Waals surface area contributed by atoms with Gasteiger partial charge in [-0.15, -0.1) is 0 Å². The highest BCUT2D eigenvalue weighted by atomic mass is 35.5. The molecule has 3 nitrogen and oxygen atoms in total. The molecule has 1 aliphatic rings. The molecule has 1 aliphatic carbocycles. The summed E-state index contributed by atoms with van der Waals surface area (Å²) in [5.41, 5.74) is 6.68. The fourth-order valence-corrected chi connectivity index (χ4v) is 3.42. The van der Waals surface area contributed by atoms with Crippen LogP contribution >= 0.6 is 11.6 Å². The van der Waals surface area contributed by atoms with Crippen LogP contribution in [-0.4, -0.2) is 17.5 Å². The summed E-state index contributed by atoms with van der Waals surface area (Å²) in [6.45, 7) is 4.16. The number of carbonyl (C=O) groups is 1. The molecular weight excluding hydrogens is 284 g/mol. The quantitative estimate of drug-likeness (QED) is 0.896. The van der Waals surface area contributed by atoms with E-state index in [2.05, 4.69) is 12.2 Å². The SMILES string of the molecule is CC1CCCC(N)(C(=O)NC(C)Cc2ccccc2Cl)C1. The van der Waals surface area contributed by atoms with Gasteiger partial charge in [-0.3, -0.25) is 4.79 Å². The van der Waals surface area contributed by atoms with E-state index in [-0.39, 0.29) is 11.9 Å². The van der Waals surface area contributed by atoms with Crippen molar-refractivity contribution in [2.45, 2.75) is 57.5 Å². The minimum absolute atomic E-state index is 0.0198. The van der Waals surface area contributed by atoms with Crippen molar-refractivity contribution in [1.29, 1.82) is 0 Å². The van der Waals surface area contributed by atoms with E-state index in [1.165, 1.54) is 6.42 Å². The third-order valence-corrected chi connectivity index (χ3v) is 4.71. The molecule has 3 unspecified atom stereocenters. The average Bonchev–Trinajstić information content (AvgIpc) is 2.41. The molecule has 0 aliphatic heterocycles. The molecule has 1 fully saturated rings. The lowest BCUT2D eigenvalue weighted by molar-refractivity contribution is -0.128. The van der Waals surface area contributed by atoms with Crippen LogP contribution in [0.15, 0.2) is 24.3 Å². The Hall–Kier alpha value is -1.06. The lowest BCUT2D eigenvalue weighted by Gasteiger charge is -2.36. The first-order chi connectivity index (χ1) is 9.90. The molecule has 0 bridgehead atoms. The van der Waals surface area contributed by atoms with Gasteiger partial charge in [0.2, 0.25) is 5.91 Å². The van der Waals surface area contributed by atoms with Gasteiger partial charge in [0.25, 0.3) is 0 Å². The van der Waals surface area contributed by atoms with Crippen molar-refractivity contribution in [2.75, 3.05) is 0 Å². The first kappa shape index (κ1) is 16.3. The first-order valence-electron chi connectivity index (χ1n) is 7.74. The molecule has 0 spiro atoms. The standard InChI is InChI=1S/C17H25ClN2O/c1-12-6-5-9-17(19,11-12)16(21)20-13(2)10-14-7-3-4-8-15(14)18/h3-4,7-8,12-13H,5-6,9-11,19H2,1-2H3,(H,20,21). The lowest BCUT2D eigenvalue weighted by Crippen LogP contribution is -2.58. The van der Waals surface area contributed by atoms with Crippen molar-refractivity contribution in [3.8, 4) is 0 Å². The van der Waals surface area contributed by atoms with Gasteiger partial charge in [-0.2, -0.15) is 0 Å². The molecule has 0 heterocycles. The van der Waals surface area contributed by atoms with Crippen molar-refractivity contribution in [1.82, 2.24) is 5.32 Å². The molecule has 0 radical (unpaired) electrons. The Balaban J connectivity index is 1.94. The van der Waals surface area contributed by atoms with Crippen LogP contribution < -0.4 is 11.1 Å². The molecule has 1 saturated carbocycles. The third kappa shape index (κ3) is 4.21. The molecule has 1 aromatic carbocycles. The Morgan fingerprint density at radius 1 is 1.52 bits per heavy atom. The zero-order valence-corrected chi connectivity index (χ0v) is 13.6. The molecule has 3 atom stereocenters. The molecule has 0 saturated heterocycles. The summed E-state index contributed by atoms with van der Waals surface area (Å²) in [6, 6.07) is 7.76. The van der Waals surface area contributed by atoms with Crippen LogP contribution in [-0.2, 0) is 11.2 Å². The summed E-state index contributed by atoms with van der Waals surface area (Å²) in [5, 5.41) is 3.81. The van der Waals surface area contributed by atoms with Crippen LogP contribution in [0.1, 0.15) is 45.1 Å². The summed E-state index contributed by atoms with van der Waals surface area (Å²) >= 11 is 6.16. The van der Waals surface area contributed by atoms with Crippen LogP contribution in [0.2, 0.25) is 5.02 Å². The fourth-order valence-electron chi connectivity index (χ4n) is 3.21. The number of amides is 1. The summed E-state index contributed by atoms with van der Waals surface area (Å²) < 4.78 is 0. The van der Waals surface area contributed by atoms with E-state index in [1.807, 2.05) is 31.2 Å². The van der Waals surface area contributed by atoms with E-state index in [9.17, 15) is 4.79 Å². The summed E-state index contributed by atoms with van der Waals surface area (Å²) in [6.07, 6.45) is 4.47. The topological polar surface area (TPSA) is 55.1 Å². The average molecular weight is 309 g/mol. The number of hydrogen-bond donors (Lipinski definition) is 2. The maximum atomic E-state index is 12.5. The van der Waals surface area contributed by atoms with Gasteiger partial charge in [-0.05, 0) is 43.7 Å². The van der Waals surface area contributed by atoms with E-state index in [0.29, 0.717) is 5.92 Å². The van der Waals surface area contributed by atoms with Gasteiger partial charge in [0.15, 0.2) is 0 Å². The van der Waals surface area contributed by atoms with E-state index in [0.717, 1.165) is 36.3 Å². The molecule has 0 aromatic heterocycles. The third-order valence-electron chi connectivity index (χ3n) is 4.35. The van der Waals surface area contributed by atoms with Crippen LogP contribution in [0.5, 0.6) is 0 Å². The minimum atomic E-state index is -0.702. The van der Waals surface area contributed by atoms with Crippen LogP contribution in [0, 0.1) is 5.92 Å². The van der Waals surface area contributed by atoms with Crippen LogP contribution in [0.3, 0.4) is 0 Å². The second-order valence-corrected chi connectivity index (χ2v) is 6.93. The first-order valence-corrected chi connectivity index (χ1v) is 8.12. The number of nitrogens with one attached hydrogen (secondary N) is 1. The monoisotopic (exact) mass is 308 g/mol. The van der Waals surface area contributed by atoms with Gasteiger partial charge < -0.3 is 11.1 Å². The highest BCUT2D eigenvalue weighted by molar-refractivity contribution is 6.31. The molecule has 3 N–H and O–H groups in total. The van der Waals surface area contributed by atoms with Gasteiger partial charge >= 0.3 is 0 Å². The second-order valence-electron chi connectivity index (χ2n) is 6.53. The molecule has 2 rings (SSSR count). The van der Waals surface area contributed by atoms with Gasteiger partial charge in [-0.1, -0.05) is 49.6 Å². The van der Waals surface area contributed by atoms with Crippen LogP contribution in [0.25, 0.3) is 0 Å². The van der Waals surface area contributed by atoms with E-state index in [1.54, 1.807) is 0 Å². The Bertz CT molecular complexity index is 505. The number of halogens is 1. The van der Waals surface area contributed by atoms with Crippen molar-refractivity contribution in [3.63, 3.8) is 0 Å². The maximum Gasteiger partial charge on any atom is 0.240 e. The van der Waals surface area contributed by atoms with Crippen LogP contribution in [0.4, 0.5) is 0 Å². The van der Waals surface area contributed by atoms with Crippen molar-refractivity contribution in [2.24, 2.45) is 11.7 Å². The maximum absolute atomic E-state index is 12.5. The van der Waals surface area contributed by atoms with Crippen molar-refractivity contribution in [3.05, 3.63) is 34.9 Å². The number of benzene rings is 1. The highest BCUT2D eigenvalue weighted by Gasteiger charge is 2.38. The number of nitrogens with two attached hydrogens (primary N) is 1. The molecule has 1 aromatic rings. The van der Waals surface area contributed by atoms with E-state index >= 15 is 0 Å². The highest BCUT2D eigenvalue weighted by Crippen LogP contribution is 2.30. The summed E-state index contributed by atoms with van der Waals surface area (Å²) in [7, 11) is 0. The smallest absolute Gasteiger partial charge is 0.240 e. The van der Waals surface area contributed by atoms with Gasteiger partial charge in [0.05, 0.1) is 5.54 Å². The minimum Gasteiger partial charge on any atom is -0.352 e. The Labute approximate surface area is 132 Å². The van der Waals surface area contributed by atoms with E-state index < -0.39 is 5.54 Å². The predicted octanol–water partition coefficient (Wildman–Crippen LogP) is 3.29. The Morgan fingerprint density at radius 2 is 2.24 bits per heavy atom. The fraction of sp³-hybridized carbons (Fsp3) is 0.588. The zero-order valence-electron chi connectivity index (χ0n) is 12.9. The second kappa shape index (κ2) is 6.80. The van der Waals surface area contributed by atoms with Crippen molar-refractivity contribution >= 4 is 17.5 Å². The zero-order chi connectivity index (χ0) is 15.5. The van der Waals surface area contributed by atoms with Crippen molar-refractivity contribution < 1.29 is 4.79 Å².